The highest BCUT2D eigenvalue weighted by Crippen LogP contribution is 2.35. The van der Waals surface area contributed by atoms with Gasteiger partial charge in [0, 0.05) is 31.7 Å². The van der Waals surface area contributed by atoms with E-state index in [0.29, 0.717) is 60.8 Å². The molecule has 0 aliphatic carbocycles. The summed E-state index contributed by atoms with van der Waals surface area (Å²) in [5.41, 5.74) is 4.00. The molecule has 2 aromatic carbocycles. The number of halogens is 1. The van der Waals surface area contributed by atoms with Gasteiger partial charge in [-0.25, -0.2) is 23.9 Å². The molecule has 290 valence electrons. The highest BCUT2D eigenvalue weighted by Gasteiger charge is 2.39. The van der Waals surface area contributed by atoms with E-state index in [4.69, 9.17) is 4.74 Å². The number of aliphatic imine (C=N–C) groups is 1. The normalized spacial score (nSPS) is 18.4. The fourth-order valence-electron chi connectivity index (χ4n) is 7.20. The number of aromatic nitrogens is 4. The number of nitrogens with zero attached hydrogens (tertiary/aromatic N) is 5. The van der Waals surface area contributed by atoms with Gasteiger partial charge < -0.3 is 39.7 Å². The monoisotopic (exact) mass is 756 g/mol. The van der Waals surface area contributed by atoms with Crippen molar-refractivity contribution in [2.75, 3.05) is 27.3 Å². The lowest BCUT2D eigenvalue weighted by atomic mass is 10.0. The van der Waals surface area contributed by atoms with Crippen molar-refractivity contribution in [2.45, 2.75) is 70.7 Å². The number of carbonyl (C=O) groups is 4. The quantitative estimate of drug-likeness (QED) is 0.130. The summed E-state index contributed by atoms with van der Waals surface area (Å²) in [6, 6.07) is 10.8. The predicted octanol–water partition coefficient (Wildman–Crippen LogP) is 6.13. The van der Waals surface area contributed by atoms with Crippen LogP contribution in [0.15, 0.2) is 59.9 Å². The van der Waals surface area contributed by atoms with Crippen LogP contribution >= 0.6 is 0 Å². The van der Waals surface area contributed by atoms with E-state index < -0.39 is 42.1 Å². The lowest BCUT2D eigenvalue weighted by Crippen LogP contribution is -2.53. The van der Waals surface area contributed by atoms with Gasteiger partial charge in [0.25, 0.3) is 5.91 Å². The highest BCUT2D eigenvalue weighted by molar-refractivity contribution is 6.40. The predicted molar refractivity (Wildman–Crippen MR) is 200 cm³/mol. The van der Waals surface area contributed by atoms with E-state index in [1.807, 2.05) is 30.3 Å². The first-order chi connectivity index (χ1) is 26.4. The number of benzene rings is 2. The van der Waals surface area contributed by atoms with Gasteiger partial charge in [0.1, 0.15) is 29.2 Å². The van der Waals surface area contributed by atoms with Gasteiger partial charge in [-0.15, -0.1) is 0 Å². The van der Waals surface area contributed by atoms with Crippen LogP contribution < -0.4 is 5.32 Å². The molecule has 2 aromatic heterocycles. The molecular weight excluding hydrogens is 711 g/mol. The summed E-state index contributed by atoms with van der Waals surface area (Å²) in [5.74, 6) is -0.337. The molecule has 2 fully saturated rings. The SMILES string of the molecule is COC(=O)/N=C(/C(=O)N1CCC[C@H]1c1ncc(-c2ccc(-c3ccc(-c4cnc([C@@H]5CCCN5C(=O)[C@H](NC(=O)O)[C@@H](C)OC)[nH]4)c(F)c3)cc2)[nH]1)C(C)C. The van der Waals surface area contributed by atoms with Gasteiger partial charge in [0.05, 0.1) is 49.1 Å². The maximum absolute atomic E-state index is 15.7. The minimum atomic E-state index is -1.32. The van der Waals surface area contributed by atoms with E-state index in [1.165, 1.54) is 26.5 Å². The lowest BCUT2D eigenvalue weighted by Gasteiger charge is -2.30. The summed E-state index contributed by atoms with van der Waals surface area (Å²) in [5, 5.41) is 11.6. The summed E-state index contributed by atoms with van der Waals surface area (Å²) in [7, 11) is 2.63. The van der Waals surface area contributed by atoms with Crippen LogP contribution in [0.3, 0.4) is 0 Å². The summed E-state index contributed by atoms with van der Waals surface area (Å²) in [6.45, 7) is 6.17. The molecule has 6 rings (SSSR count). The van der Waals surface area contributed by atoms with E-state index in [0.717, 1.165) is 23.2 Å². The van der Waals surface area contributed by atoms with Gasteiger partial charge in [0.15, 0.2) is 0 Å². The number of aromatic amines is 2. The van der Waals surface area contributed by atoms with Crippen molar-refractivity contribution in [3.63, 3.8) is 0 Å². The van der Waals surface area contributed by atoms with Crippen molar-refractivity contribution in [3.8, 4) is 33.6 Å². The first kappa shape index (κ1) is 38.8. The van der Waals surface area contributed by atoms with Gasteiger partial charge >= 0.3 is 12.2 Å². The molecule has 4 atom stereocenters. The largest absolute Gasteiger partial charge is 0.465 e. The zero-order valence-electron chi connectivity index (χ0n) is 31.3. The number of nitrogens with one attached hydrogen (secondary N) is 3. The topological polar surface area (TPSA) is 195 Å². The van der Waals surface area contributed by atoms with Crippen molar-refractivity contribution in [3.05, 3.63) is 72.3 Å². The third-order valence-corrected chi connectivity index (χ3v) is 10.2. The number of methoxy groups -OCH3 is 2. The fraction of sp³-hybridized carbons (Fsp3) is 0.410. The van der Waals surface area contributed by atoms with Crippen LogP contribution in [0.5, 0.6) is 0 Å². The van der Waals surface area contributed by atoms with Crippen LogP contribution in [0, 0.1) is 11.7 Å². The molecule has 2 aliphatic heterocycles. The van der Waals surface area contributed by atoms with Gasteiger partial charge in [-0.1, -0.05) is 44.2 Å². The van der Waals surface area contributed by atoms with Crippen molar-refractivity contribution in [2.24, 2.45) is 10.9 Å². The van der Waals surface area contributed by atoms with Crippen molar-refractivity contribution in [1.82, 2.24) is 35.1 Å². The smallest absolute Gasteiger partial charge is 0.433 e. The molecule has 0 unspecified atom stereocenters. The number of amides is 4. The number of imidazole rings is 2. The molecule has 16 heteroatoms. The van der Waals surface area contributed by atoms with E-state index in [1.54, 1.807) is 42.8 Å². The maximum Gasteiger partial charge on any atom is 0.433 e. The molecule has 4 N–H and O–H groups in total. The van der Waals surface area contributed by atoms with E-state index in [2.05, 4.69) is 35.0 Å². The molecule has 4 aromatic rings. The van der Waals surface area contributed by atoms with E-state index in [-0.39, 0.29) is 23.6 Å². The Bertz CT molecular complexity index is 2080. The number of hydrogen-bond donors (Lipinski definition) is 4. The first-order valence-electron chi connectivity index (χ1n) is 18.2. The molecule has 0 radical (unpaired) electrons. The Kier molecular flexibility index (Phi) is 11.7. The highest BCUT2D eigenvalue weighted by atomic mass is 19.1. The van der Waals surface area contributed by atoms with Crippen LogP contribution in [0.4, 0.5) is 14.0 Å². The zero-order chi connectivity index (χ0) is 39.4. The second kappa shape index (κ2) is 16.6. The zero-order valence-corrected chi connectivity index (χ0v) is 31.3. The molecule has 2 aliphatic rings. The average molecular weight is 757 g/mol. The van der Waals surface area contributed by atoms with Crippen LogP contribution in [-0.2, 0) is 19.1 Å². The lowest BCUT2D eigenvalue weighted by molar-refractivity contribution is -0.137. The van der Waals surface area contributed by atoms with Crippen molar-refractivity contribution in [1.29, 1.82) is 0 Å². The maximum atomic E-state index is 15.7. The number of rotatable bonds is 11. The van der Waals surface area contributed by atoms with Crippen molar-refractivity contribution < 1.29 is 38.1 Å². The third kappa shape index (κ3) is 8.28. The summed E-state index contributed by atoms with van der Waals surface area (Å²) in [4.78, 5) is 72.9. The first-order valence-corrected chi connectivity index (χ1v) is 18.2. The summed E-state index contributed by atoms with van der Waals surface area (Å²) in [6.07, 6.45) is 3.23. The molecule has 55 heavy (non-hydrogen) atoms. The molecule has 4 amide bonds. The summed E-state index contributed by atoms with van der Waals surface area (Å²) >= 11 is 0. The molecule has 0 spiro atoms. The van der Waals surface area contributed by atoms with Crippen molar-refractivity contribution >= 4 is 29.7 Å². The Labute approximate surface area is 317 Å². The van der Waals surface area contributed by atoms with E-state index >= 15 is 4.39 Å². The standard InChI is InChI=1S/C39H45FN8O7/c1-21(2)32(46-39(53)55-5)36(49)47-16-6-8-30(47)34-41-19-28(43-34)24-12-10-23(11-13-24)25-14-15-26(27(40)18-25)29-20-42-35(44-29)31-9-7-17-48(31)37(50)33(22(3)54-4)45-38(51)52/h10-15,18-22,30-31,33,45H,6-9,16-17H2,1-5H3,(H,41,43)(H,42,44)(H,51,52)/b46-32+/t22-,30+,31+,33-/m1/s1. The minimum Gasteiger partial charge on any atom is -0.465 e. The average Bonchev–Trinajstić information content (AvgIpc) is 4.02. The molecule has 2 saturated heterocycles. The van der Waals surface area contributed by atoms with Gasteiger partial charge in [-0.3, -0.25) is 9.59 Å². The third-order valence-electron chi connectivity index (χ3n) is 10.2. The second-order valence-corrected chi connectivity index (χ2v) is 14.0. The van der Waals surface area contributed by atoms with Crippen LogP contribution in [0.1, 0.15) is 70.2 Å². The minimum absolute atomic E-state index is 0.143. The number of H-pyrrole nitrogens is 2. The Hall–Kier alpha value is -5.90. The van der Waals surface area contributed by atoms with Crippen LogP contribution in [0.2, 0.25) is 0 Å². The molecule has 0 saturated carbocycles. The number of likely N-dealkylation sites (tertiary alicyclic amines) is 2. The van der Waals surface area contributed by atoms with Crippen LogP contribution in [-0.4, -0.2) is 104 Å². The summed E-state index contributed by atoms with van der Waals surface area (Å²) < 4.78 is 25.6. The number of carbonyl (C=O) groups excluding carboxylic acids is 3. The Morgan fingerprint density at radius 2 is 1.45 bits per heavy atom. The number of ether oxygens (including phenoxy) is 2. The van der Waals surface area contributed by atoms with Crippen LogP contribution in [0.25, 0.3) is 33.6 Å². The second-order valence-electron chi connectivity index (χ2n) is 14.0. The molecule has 15 nitrogen and oxygen atoms in total. The number of carboxylic acid groups (broad SMARTS) is 1. The Morgan fingerprint density at radius 3 is 2.05 bits per heavy atom. The number of hydrogen-bond acceptors (Lipinski definition) is 8. The van der Waals surface area contributed by atoms with Gasteiger partial charge in [0.2, 0.25) is 5.91 Å². The molecule has 0 bridgehead atoms. The fourth-order valence-corrected chi connectivity index (χ4v) is 7.20. The van der Waals surface area contributed by atoms with Gasteiger partial charge in [-0.05, 0) is 61.4 Å². The van der Waals surface area contributed by atoms with E-state index in [9.17, 15) is 24.3 Å². The van der Waals surface area contributed by atoms with Gasteiger partial charge in [-0.2, -0.15) is 4.99 Å². The Morgan fingerprint density at radius 1 is 0.873 bits per heavy atom. The molecular formula is C39H45FN8O7. The Balaban J connectivity index is 1.14. The molecule has 4 heterocycles.